The molecule has 0 aliphatic heterocycles. The molecule has 0 saturated carbocycles. The van der Waals surface area contributed by atoms with E-state index in [0.29, 0.717) is 5.39 Å². The zero-order chi connectivity index (χ0) is 12.5. The van der Waals surface area contributed by atoms with Gasteiger partial charge in [-0.25, -0.2) is 0 Å². The van der Waals surface area contributed by atoms with E-state index in [1.54, 1.807) is 18.2 Å². The summed E-state index contributed by atoms with van der Waals surface area (Å²) in [6, 6.07) is 12.3. The number of rotatable bonds is 3. The van der Waals surface area contributed by atoms with Gasteiger partial charge in [0.25, 0.3) is 0 Å². The van der Waals surface area contributed by atoms with Crippen molar-refractivity contribution in [2.75, 3.05) is 0 Å². The standard InChI is InChI=1S/C13H12O3S.Li.H/c1-10(2)16-17(14,15)13-9-5-7-11-6-3-4-8-12(11)13;;/h3-9H,1H2,2H3;;. The first-order chi connectivity index (χ1) is 8.00. The molecule has 0 fully saturated rings. The van der Waals surface area contributed by atoms with E-state index in [1.807, 2.05) is 18.2 Å². The molecule has 0 amide bonds. The summed E-state index contributed by atoms with van der Waals surface area (Å²) in [5.74, 6) is 0.151. The summed E-state index contributed by atoms with van der Waals surface area (Å²) in [4.78, 5) is 0.165. The zero-order valence-electron chi connectivity index (χ0n) is 9.38. The van der Waals surface area contributed by atoms with Gasteiger partial charge in [-0.05, 0) is 18.4 Å². The zero-order valence-corrected chi connectivity index (χ0v) is 10.2. The molecule has 0 heterocycles. The van der Waals surface area contributed by atoms with Crippen LogP contribution < -0.4 is 0 Å². The topological polar surface area (TPSA) is 43.4 Å². The molecule has 0 radical (unpaired) electrons. The van der Waals surface area contributed by atoms with Gasteiger partial charge in [0.05, 0.1) is 0 Å². The number of hydrogen-bond acceptors (Lipinski definition) is 3. The maximum absolute atomic E-state index is 12.0. The normalized spacial score (nSPS) is 10.7. The Bertz CT molecular complexity index is 672. The van der Waals surface area contributed by atoms with Crippen LogP contribution in [0.1, 0.15) is 6.92 Å². The number of allylic oxidation sites excluding steroid dienone is 1. The van der Waals surface area contributed by atoms with E-state index < -0.39 is 10.1 Å². The van der Waals surface area contributed by atoms with Crippen LogP contribution in [0.15, 0.2) is 59.7 Å². The summed E-state index contributed by atoms with van der Waals surface area (Å²) in [7, 11) is -3.79. The molecule has 18 heavy (non-hydrogen) atoms. The summed E-state index contributed by atoms with van der Waals surface area (Å²) in [6.45, 7) is 4.95. The van der Waals surface area contributed by atoms with Crippen LogP contribution in [-0.4, -0.2) is 27.3 Å². The predicted molar refractivity (Wildman–Crippen MR) is 74.2 cm³/mol. The fraction of sp³-hybridized carbons (Fsp3) is 0.0769. The Morgan fingerprint density at radius 1 is 1.11 bits per heavy atom. The fourth-order valence-corrected chi connectivity index (χ4v) is 2.81. The van der Waals surface area contributed by atoms with Crippen LogP contribution in [0.5, 0.6) is 0 Å². The predicted octanol–water partition coefficient (Wildman–Crippen LogP) is 2.43. The molecule has 2 rings (SSSR count). The molecular weight excluding hydrogens is 243 g/mol. The minimum absolute atomic E-state index is 0. The summed E-state index contributed by atoms with van der Waals surface area (Å²) >= 11 is 0. The summed E-state index contributed by atoms with van der Waals surface area (Å²) < 4.78 is 28.8. The van der Waals surface area contributed by atoms with E-state index in [-0.39, 0.29) is 29.5 Å². The molecular formula is C13H13LiO3S. The maximum atomic E-state index is 12.0. The van der Waals surface area contributed by atoms with Crippen LogP contribution in [-0.2, 0) is 14.3 Å². The average molecular weight is 256 g/mol. The van der Waals surface area contributed by atoms with Crippen LogP contribution in [0.3, 0.4) is 0 Å². The SMILES string of the molecule is C=C(C)OS(=O)(=O)c1cccc2ccccc12.[LiH]. The van der Waals surface area contributed by atoms with Crippen molar-refractivity contribution >= 4 is 39.8 Å². The van der Waals surface area contributed by atoms with Gasteiger partial charge in [0.2, 0.25) is 0 Å². The third-order valence-electron chi connectivity index (χ3n) is 2.27. The van der Waals surface area contributed by atoms with Gasteiger partial charge < -0.3 is 4.18 Å². The molecule has 0 N–H and O–H groups in total. The van der Waals surface area contributed by atoms with Gasteiger partial charge >= 0.3 is 29.0 Å². The van der Waals surface area contributed by atoms with Crippen molar-refractivity contribution in [3.63, 3.8) is 0 Å². The average Bonchev–Trinajstić information content (AvgIpc) is 2.26. The van der Waals surface area contributed by atoms with E-state index in [9.17, 15) is 8.42 Å². The molecule has 0 aliphatic carbocycles. The molecule has 0 bridgehead atoms. The van der Waals surface area contributed by atoms with Gasteiger partial charge in [-0.1, -0.05) is 43.0 Å². The molecule has 0 atom stereocenters. The summed E-state index contributed by atoms with van der Waals surface area (Å²) in [5.41, 5.74) is 0. The van der Waals surface area contributed by atoms with Crippen molar-refractivity contribution in [2.45, 2.75) is 11.8 Å². The van der Waals surface area contributed by atoms with Gasteiger partial charge in [0.1, 0.15) is 10.7 Å². The second kappa shape index (κ2) is 5.62. The number of hydrogen-bond donors (Lipinski definition) is 0. The van der Waals surface area contributed by atoms with Crippen molar-refractivity contribution in [3.05, 3.63) is 54.8 Å². The van der Waals surface area contributed by atoms with E-state index in [2.05, 4.69) is 6.58 Å². The molecule has 2 aromatic rings. The van der Waals surface area contributed by atoms with Crippen LogP contribution in [0.2, 0.25) is 0 Å². The molecule has 0 aromatic heterocycles. The van der Waals surface area contributed by atoms with Crippen LogP contribution in [0, 0.1) is 0 Å². The summed E-state index contributed by atoms with van der Waals surface area (Å²) in [5, 5.41) is 1.51. The minimum atomic E-state index is -3.79. The van der Waals surface area contributed by atoms with E-state index in [1.165, 1.54) is 13.0 Å². The van der Waals surface area contributed by atoms with Crippen molar-refractivity contribution < 1.29 is 12.6 Å². The quantitative estimate of drug-likeness (QED) is 0.481. The van der Waals surface area contributed by atoms with Crippen molar-refractivity contribution in [2.24, 2.45) is 0 Å². The first-order valence-corrected chi connectivity index (χ1v) is 6.49. The Morgan fingerprint density at radius 2 is 1.72 bits per heavy atom. The third-order valence-corrected chi connectivity index (χ3v) is 3.67. The van der Waals surface area contributed by atoms with Gasteiger partial charge in [0, 0.05) is 5.39 Å². The first kappa shape index (κ1) is 14.8. The number of benzene rings is 2. The Hall–Kier alpha value is -1.21. The van der Waals surface area contributed by atoms with Crippen molar-refractivity contribution in [1.29, 1.82) is 0 Å². The van der Waals surface area contributed by atoms with Crippen LogP contribution in [0.25, 0.3) is 10.8 Å². The van der Waals surface area contributed by atoms with Crippen LogP contribution in [0.4, 0.5) is 0 Å². The summed E-state index contributed by atoms with van der Waals surface area (Å²) in [6.07, 6.45) is 0. The molecule has 3 nitrogen and oxygen atoms in total. The molecule has 0 spiro atoms. The Balaban J connectivity index is 0.00000162. The Morgan fingerprint density at radius 3 is 2.39 bits per heavy atom. The molecule has 0 saturated heterocycles. The molecule has 0 unspecified atom stereocenters. The van der Waals surface area contributed by atoms with E-state index in [4.69, 9.17) is 4.18 Å². The fourth-order valence-electron chi connectivity index (χ4n) is 1.65. The van der Waals surface area contributed by atoms with Gasteiger partial charge in [-0.2, -0.15) is 8.42 Å². The van der Waals surface area contributed by atoms with E-state index in [0.717, 1.165) is 5.39 Å². The Labute approximate surface area is 119 Å². The van der Waals surface area contributed by atoms with E-state index >= 15 is 0 Å². The van der Waals surface area contributed by atoms with Crippen molar-refractivity contribution in [1.82, 2.24) is 0 Å². The molecule has 0 aliphatic rings. The first-order valence-electron chi connectivity index (χ1n) is 5.08. The molecule has 90 valence electrons. The van der Waals surface area contributed by atoms with Gasteiger partial charge in [0.15, 0.2) is 0 Å². The van der Waals surface area contributed by atoms with Crippen molar-refractivity contribution in [3.8, 4) is 0 Å². The monoisotopic (exact) mass is 256 g/mol. The second-order valence-electron chi connectivity index (χ2n) is 3.72. The second-order valence-corrected chi connectivity index (χ2v) is 5.23. The third kappa shape index (κ3) is 2.97. The Kier molecular flexibility index (Phi) is 4.63. The van der Waals surface area contributed by atoms with Gasteiger partial charge in [-0.3, -0.25) is 0 Å². The van der Waals surface area contributed by atoms with Gasteiger partial charge in [-0.15, -0.1) is 0 Å². The van der Waals surface area contributed by atoms with Crippen LogP contribution >= 0.6 is 0 Å². The number of fused-ring (bicyclic) bond motifs is 1. The molecule has 2 aromatic carbocycles. The molecule has 5 heteroatoms.